The van der Waals surface area contributed by atoms with E-state index in [0.717, 1.165) is 17.8 Å². The molecule has 1 aromatic carbocycles. The maximum atomic E-state index is 5.82. The molecule has 0 amide bonds. The first-order chi connectivity index (χ1) is 9.81. The topological polar surface area (TPSA) is 21.3 Å². The molecular formula is C18H27NO. The van der Waals surface area contributed by atoms with Crippen LogP contribution in [0.4, 0.5) is 0 Å². The Morgan fingerprint density at radius 2 is 2.00 bits per heavy atom. The summed E-state index contributed by atoms with van der Waals surface area (Å²) < 4.78 is 5.82. The van der Waals surface area contributed by atoms with Crippen molar-refractivity contribution in [2.75, 3.05) is 14.2 Å². The highest BCUT2D eigenvalue weighted by molar-refractivity contribution is 5.19. The Labute approximate surface area is 122 Å². The molecule has 0 aliphatic heterocycles. The summed E-state index contributed by atoms with van der Waals surface area (Å²) in [5, 5.41) is 3.51. The monoisotopic (exact) mass is 273 g/mol. The molecule has 2 aliphatic rings. The second kappa shape index (κ2) is 6.28. The van der Waals surface area contributed by atoms with Gasteiger partial charge < -0.3 is 10.1 Å². The summed E-state index contributed by atoms with van der Waals surface area (Å²) in [4.78, 5) is 0. The summed E-state index contributed by atoms with van der Waals surface area (Å²) in [6.45, 7) is 0. The lowest BCUT2D eigenvalue weighted by molar-refractivity contribution is 0.0576. The maximum absolute atomic E-state index is 5.82. The summed E-state index contributed by atoms with van der Waals surface area (Å²) in [6.07, 6.45) is 7.32. The van der Waals surface area contributed by atoms with Crippen LogP contribution in [-0.4, -0.2) is 20.2 Å². The van der Waals surface area contributed by atoms with Gasteiger partial charge in [-0.1, -0.05) is 36.8 Å². The van der Waals surface area contributed by atoms with Gasteiger partial charge in [-0.2, -0.15) is 0 Å². The molecule has 0 heterocycles. The van der Waals surface area contributed by atoms with Crippen molar-refractivity contribution >= 4 is 0 Å². The molecule has 20 heavy (non-hydrogen) atoms. The Bertz CT molecular complexity index is 419. The third-order valence-electron chi connectivity index (χ3n) is 5.56. The minimum absolute atomic E-state index is 0.167. The summed E-state index contributed by atoms with van der Waals surface area (Å²) in [6, 6.07) is 11.1. The Morgan fingerprint density at radius 3 is 2.55 bits per heavy atom. The van der Waals surface area contributed by atoms with E-state index < -0.39 is 0 Å². The van der Waals surface area contributed by atoms with Crippen LogP contribution in [0, 0.1) is 17.8 Å². The van der Waals surface area contributed by atoms with E-state index in [1.54, 1.807) is 0 Å². The molecule has 5 unspecified atom stereocenters. The molecule has 0 saturated heterocycles. The van der Waals surface area contributed by atoms with Crippen molar-refractivity contribution in [3.8, 4) is 0 Å². The van der Waals surface area contributed by atoms with Crippen molar-refractivity contribution in [1.82, 2.24) is 5.32 Å². The number of likely N-dealkylation sites (N-methyl/N-ethyl adjacent to an activating group) is 1. The fourth-order valence-corrected chi connectivity index (χ4v) is 4.56. The van der Waals surface area contributed by atoms with E-state index in [0.29, 0.717) is 6.04 Å². The molecule has 2 nitrogen and oxygen atoms in total. The molecule has 2 bridgehead atoms. The molecule has 2 saturated carbocycles. The largest absolute Gasteiger partial charge is 0.375 e. The molecule has 0 aromatic heterocycles. The van der Waals surface area contributed by atoms with Crippen molar-refractivity contribution < 1.29 is 4.74 Å². The van der Waals surface area contributed by atoms with Crippen LogP contribution in [0.25, 0.3) is 0 Å². The molecule has 0 spiro atoms. The number of nitrogens with one attached hydrogen (secondary N) is 1. The van der Waals surface area contributed by atoms with Gasteiger partial charge in [0.2, 0.25) is 0 Å². The number of hydrogen-bond donors (Lipinski definition) is 1. The van der Waals surface area contributed by atoms with Crippen LogP contribution in [0.3, 0.4) is 0 Å². The SMILES string of the molecule is CNC(CC1CC2CCC1C2)C(OC)c1ccccc1. The second-order valence-corrected chi connectivity index (χ2v) is 6.63. The van der Waals surface area contributed by atoms with E-state index >= 15 is 0 Å². The average molecular weight is 273 g/mol. The van der Waals surface area contributed by atoms with Gasteiger partial charge in [0.1, 0.15) is 0 Å². The van der Waals surface area contributed by atoms with Crippen molar-refractivity contribution in [1.29, 1.82) is 0 Å². The van der Waals surface area contributed by atoms with Crippen molar-refractivity contribution in [2.24, 2.45) is 17.8 Å². The molecule has 2 aliphatic carbocycles. The summed E-state index contributed by atoms with van der Waals surface area (Å²) in [5.74, 6) is 2.93. The number of methoxy groups -OCH3 is 1. The minimum atomic E-state index is 0.167. The standard InChI is InChI=1S/C18H27NO/c1-19-17(12-16-11-13-8-9-15(16)10-13)18(20-2)14-6-4-3-5-7-14/h3-7,13,15-19H,8-12H2,1-2H3. The fraction of sp³-hybridized carbons (Fsp3) is 0.667. The second-order valence-electron chi connectivity index (χ2n) is 6.63. The highest BCUT2D eigenvalue weighted by atomic mass is 16.5. The van der Waals surface area contributed by atoms with Crippen LogP contribution in [0.1, 0.15) is 43.8 Å². The van der Waals surface area contributed by atoms with E-state index in [2.05, 4.69) is 42.7 Å². The minimum Gasteiger partial charge on any atom is -0.375 e. The summed E-state index contributed by atoms with van der Waals surface area (Å²) >= 11 is 0. The first-order valence-electron chi connectivity index (χ1n) is 8.06. The zero-order valence-electron chi connectivity index (χ0n) is 12.7. The Hall–Kier alpha value is -0.860. The van der Waals surface area contributed by atoms with Gasteiger partial charge in [-0.05, 0) is 56.0 Å². The third-order valence-corrected chi connectivity index (χ3v) is 5.56. The van der Waals surface area contributed by atoms with Crippen LogP contribution in [0.2, 0.25) is 0 Å². The van der Waals surface area contributed by atoms with E-state index in [1.807, 2.05) is 7.11 Å². The Balaban J connectivity index is 1.68. The molecule has 1 aromatic rings. The zero-order chi connectivity index (χ0) is 13.9. The zero-order valence-corrected chi connectivity index (χ0v) is 12.7. The summed E-state index contributed by atoms with van der Waals surface area (Å²) in [7, 11) is 3.91. The lowest BCUT2D eigenvalue weighted by Gasteiger charge is -2.31. The molecular weight excluding hydrogens is 246 g/mol. The predicted molar refractivity (Wildman–Crippen MR) is 82.6 cm³/mol. The average Bonchev–Trinajstić information content (AvgIpc) is 3.10. The Morgan fingerprint density at radius 1 is 1.20 bits per heavy atom. The van der Waals surface area contributed by atoms with Gasteiger partial charge in [-0.25, -0.2) is 0 Å². The highest BCUT2D eigenvalue weighted by Gasteiger charge is 2.41. The quantitative estimate of drug-likeness (QED) is 0.851. The number of benzene rings is 1. The number of hydrogen-bond acceptors (Lipinski definition) is 2. The van der Waals surface area contributed by atoms with E-state index in [4.69, 9.17) is 4.74 Å². The molecule has 2 fully saturated rings. The van der Waals surface area contributed by atoms with Gasteiger partial charge >= 0.3 is 0 Å². The van der Waals surface area contributed by atoms with Gasteiger partial charge in [-0.15, -0.1) is 0 Å². The van der Waals surface area contributed by atoms with Crippen LogP contribution in [0.5, 0.6) is 0 Å². The van der Waals surface area contributed by atoms with Crippen LogP contribution < -0.4 is 5.32 Å². The van der Waals surface area contributed by atoms with Gasteiger partial charge in [0.05, 0.1) is 6.10 Å². The molecule has 110 valence electrons. The number of rotatable bonds is 6. The smallest absolute Gasteiger partial charge is 0.0974 e. The third kappa shape index (κ3) is 2.77. The fourth-order valence-electron chi connectivity index (χ4n) is 4.56. The number of fused-ring (bicyclic) bond motifs is 2. The lowest BCUT2D eigenvalue weighted by Crippen LogP contribution is -2.36. The van der Waals surface area contributed by atoms with Gasteiger partial charge in [0.25, 0.3) is 0 Å². The van der Waals surface area contributed by atoms with E-state index in [1.165, 1.54) is 37.7 Å². The van der Waals surface area contributed by atoms with Gasteiger partial charge in [0.15, 0.2) is 0 Å². The van der Waals surface area contributed by atoms with Crippen molar-refractivity contribution in [2.45, 2.75) is 44.2 Å². The first kappa shape index (κ1) is 14.1. The molecule has 2 heteroatoms. The first-order valence-corrected chi connectivity index (χ1v) is 8.06. The van der Waals surface area contributed by atoms with Crippen molar-refractivity contribution in [3.63, 3.8) is 0 Å². The Kier molecular flexibility index (Phi) is 4.42. The molecule has 0 radical (unpaired) electrons. The molecule has 1 N–H and O–H groups in total. The van der Waals surface area contributed by atoms with Crippen molar-refractivity contribution in [3.05, 3.63) is 35.9 Å². The normalized spacial score (nSPS) is 31.4. The van der Waals surface area contributed by atoms with E-state index in [9.17, 15) is 0 Å². The molecule has 3 rings (SSSR count). The molecule has 5 atom stereocenters. The van der Waals surface area contributed by atoms with Crippen LogP contribution >= 0.6 is 0 Å². The summed E-state index contributed by atoms with van der Waals surface area (Å²) in [5.41, 5.74) is 1.29. The predicted octanol–water partition coefficient (Wildman–Crippen LogP) is 3.79. The van der Waals surface area contributed by atoms with Crippen LogP contribution in [0.15, 0.2) is 30.3 Å². The number of ether oxygens (including phenoxy) is 1. The van der Waals surface area contributed by atoms with E-state index in [-0.39, 0.29) is 6.10 Å². The maximum Gasteiger partial charge on any atom is 0.0974 e. The van der Waals surface area contributed by atoms with Crippen LogP contribution in [-0.2, 0) is 4.74 Å². The van der Waals surface area contributed by atoms with Gasteiger partial charge in [0, 0.05) is 13.2 Å². The van der Waals surface area contributed by atoms with Gasteiger partial charge in [-0.3, -0.25) is 0 Å². The lowest BCUT2D eigenvalue weighted by atomic mass is 9.82. The highest BCUT2D eigenvalue weighted by Crippen LogP contribution is 2.50.